The normalized spacial score (nSPS) is 14.1. The molecule has 0 saturated heterocycles. The third-order valence-corrected chi connectivity index (χ3v) is 5.72. The van der Waals surface area contributed by atoms with E-state index in [4.69, 9.17) is 4.52 Å². The van der Waals surface area contributed by atoms with Gasteiger partial charge in [-0.1, -0.05) is 16.9 Å². The van der Waals surface area contributed by atoms with Gasteiger partial charge in [0.25, 0.3) is 0 Å². The van der Waals surface area contributed by atoms with Crippen molar-refractivity contribution >= 4 is 33.3 Å². The monoisotopic (exact) mass is 303 g/mol. The first-order chi connectivity index (χ1) is 9.81. The van der Waals surface area contributed by atoms with Crippen LogP contribution in [0.2, 0.25) is 0 Å². The van der Waals surface area contributed by atoms with E-state index in [2.05, 4.69) is 15.1 Å². The maximum absolute atomic E-state index is 5.11. The number of aromatic nitrogens is 3. The van der Waals surface area contributed by atoms with Crippen LogP contribution in [-0.2, 0) is 18.6 Å². The zero-order valence-corrected chi connectivity index (χ0v) is 12.7. The minimum atomic E-state index is 0.786. The molecule has 3 aromatic rings. The second-order valence-corrected chi connectivity index (χ2v) is 6.98. The summed E-state index contributed by atoms with van der Waals surface area (Å²) in [6.07, 6.45) is 5.30. The summed E-state index contributed by atoms with van der Waals surface area (Å²) in [5.41, 5.74) is 2.44. The number of aryl methyl sites for hydroxylation is 3. The number of rotatable bonds is 3. The molecule has 0 atom stereocenters. The number of hydrogen-bond acceptors (Lipinski definition) is 6. The number of thiophene rings is 1. The first kappa shape index (κ1) is 12.3. The molecule has 0 radical (unpaired) electrons. The third kappa shape index (κ3) is 2.03. The van der Waals surface area contributed by atoms with Gasteiger partial charge in [0.05, 0.1) is 5.69 Å². The molecular formula is C14H13N3OS2. The summed E-state index contributed by atoms with van der Waals surface area (Å²) < 4.78 is 5.11. The van der Waals surface area contributed by atoms with Crippen LogP contribution in [0.5, 0.6) is 0 Å². The lowest BCUT2D eigenvalue weighted by atomic mass is 10.2. The Hall–Kier alpha value is -1.40. The Labute approximate surface area is 124 Å². The van der Waals surface area contributed by atoms with Crippen LogP contribution >= 0.6 is 23.1 Å². The second-order valence-electron chi connectivity index (χ2n) is 4.93. The molecule has 0 N–H and O–H groups in total. The molecule has 0 aliphatic heterocycles. The molecule has 0 amide bonds. The van der Waals surface area contributed by atoms with E-state index in [9.17, 15) is 0 Å². The molecule has 0 spiro atoms. The Balaban J connectivity index is 1.69. The van der Waals surface area contributed by atoms with Gasteiger partial charge in [0.15, 0.2) is 0 Å². The van der Waals surface area contributed by atoms with Gasteiger partial charge in [-0.05, 0) is 31.7 Å². The van der Waals surface area contributed by atoms with E-state index in [1.807, 2.05) is 24.3 Å². The maximum Gasteiger partial charge on any atom is 0.133 e. The van der Waals surface area contributed by atoms with Gasteiger partial charge in [-0.2, -0.15) is 0 Å². The van der Waals surface area contributed by atoms with Crippen LogP contribution < -0.4 is 0 Å². The topological polar surface area (TPSA) is 51.8 Å². The molecule has 1 aliphatic carbocycles. The highest BCUT2D eigenvalue weighted by Crippen LogP contribution is 2.40. The fourth-order valence-corrected chi connectivity index (χ4v) is 4.84. The van der Waals surface area contributed by atoms with Crippen molar-refractivity contribution < 1.29 is 4.52 Å². The summed E-state index contributed by atoms with van der Waals surface area (Å²) >= 11 is 3.55. The SMILES string of the molecule is Cc1cc(CSc2ncnc3sc4c(c23)CCC4)no1. The third-order valence-electron chi connectivity index (χ3n) is 3.50. The zero-order valence-electron chi connectivity index (χ0n) is 11.0. The number of fused-ring (bicyclic) bond motifs is 3. The number of nitrogens with zero attached hydrogens (tertiary/aromatic N) is 3. The molecule has 0 saturated carbocycles. The molecule has 1 aliphatic rings. The molecule has 0 bridgehead atoms. The van der Waals surface area contributed by atoms with Gasteiger partial charge < -0.3 is 4.52 Å². The highest BCUT2D eigenvalue weighted by molar-refractivity contribution is 7.98. The van der Waals surface area contributed by atoms with Gasteiger partial charge in [0.2, 0.25) is 0 Å². The van der Waals surface area contributed by atoms with Crippen LogP contribution in [0.3, 0.4) is 0 Å². The molecule has 6 heteroatoms. The molecular weight excluding hydrogens is 290 g/mol. The first-order valence-corrected chi connectivity index (χ1v) is 8.42. The summed E-state index contributed by atoms with van der Waals surface area (Å²) in [6.45, 7) is 1.91. The average Bonchev–Trinajstić information content (AvgIpc) is 3.11. The van der Waals surface area contributed by atoms with E-state index in [1.54, 1.807) is 18.1 Å². The highest BCUT2D eigenvalue weighted by atomic mass is 32.2. The van der Waals surface area contributed by atoms with Gasteiger partial charge in [-0.25, -0.2) is 9.97 Å². The van der Waals surface area contributed by atoms with Crippen molar-refractivity contribution in [2.45, 2.75) is 37.0 Å². The average molecular weight is 303 g/mol. The van der Waals surface area contributed by atoms with E-state index in [1.165, 1.54) is 35.1 Å². The van der Waals surface area contributed by atoms with Gasteiger partial charge in [-0.15, -0.1) is 11.3 Å². The molecule has 4 rings (SSSR count). The summed E-state index contributed by atoms with van der Waals surface area (Å²) in [7, 11) is 0. The lowest BCUT2D eigenvalue weighted by molar-refractivity contribution is 0.393. The summed E-state index contributed by atoms with van der Waals surface area (Å²) in [6, 6.07) is 1.98. The fraction of sp³-hybridized carbons (Fsp3) is 0.357. The van der Waals surface area contributed by atoms with Crippen LogP contribution in [0, 0.1) is 6.92 Å². The van der Waals surface area contributed by atoms with E-state index < -0.39 is 0 Å². The molecule has 3 heterocycles. The highest BCUT2D eigenvalue weighted by Gasteiger charge is 2.21. The molecule has 3 aromatic heterocycles. The van der Waals surface area contributed by atoms with E-state index in [0.717, 1.165) is 27.1 Å². The van der Waals surface area contributed by atoms with Crippen molar-refractivity contribution in [1.29, 1.82) is 0 Å². The largest absolute Gasteiger partial charge is 0.361 e. The lowest BCUT2D eigenvalue weighted by Crippen LogP contribution is -1.88. The smallest absolute Gasteiger partial charge is 0.133 e. The molecule has 20 heavy (non-hydrogen) atoms. The van der Waals surface area contributed by atoms with E-state index in [-0.39, 0.29) is 0 Å². The van der Waals surface area contributed by atoms with Crippen molar-refractivity contribution in [2.24, 2.45) is 0 Å². The fourth-order valence-electron chi connectivity index (χ4n) is 2.64. The van der Waals surface area contributed by atoms with Crippen molar-refractivity contribution in [3.8, 4) is 0 Å². The Morgan fingerprint density at radius 2 is 2.30 bits per heavy atom. The Bertz CT molecular complexity index is 778. The molecule has 102 valence electrons. The van der Waals surface area contributed by atoms with Crippen LogP contribution in [0.1, 0.15) is 28.3 Å². The molecule has 0 fully saturated rings. The Morgan fingerprint density at radius 1 is 1.35 bits per heavy atom. The summed E-state index contributed by atoms with van der Waals surface area (Å²) in [5, 5.41) is 6.39. The summed E-state index contributed by atoms with van der Waals surface area (Å²) in [5.74, 6) is 1.64. The quantitative estimate of drug-likeness (QED) is 0.544. The zero-order chi connectivity index (χ0) is 13.5. The minimum Gasteiger partial charge on any atom is -0.361 e. The Kier molecular flexibility index (Phi) is 3.00. The standard InChI is InChI=1S/C14H13N3OS2/c1-8-5-9(17-18-8)6-19-13-12-10-3-2-4-11(10)20-14(12)16-7-15-13/h5,7H,2-4,6H2,1H3. The predicted octanol–water partition coefficient (Wildman–Crippen LogP) is 3.77. The van der Waals surface area contributed by atoms with Crippen LogP contribution in [-0.4, -0.2) is 15.1 Å². The van der Waals surface area contributed by atoms with Gasteiger partial charge in [0.1, 0.15) is 21.9 Å². The summed E-state index contributed by atoms with van der Waals surface area (Å²) in [4.78, 5) is 11.5. The van der Waals surface area contributed by atoms with Crippen molar-refractivity contribution in [1.82, 2.24) is 15.1 Å². The van der Waals surface area contributed by atoms with Crippen molar-refractivity contribution in [2.75, 3.05) is 0 Å². The minimum absolute atomic E-state index is 0.786. The van der Waals surface area contributed by atoms with Gasteiger partial charge in [-0.3, -0.25) is 0 Å². The van der Waals surface area contributed by atoms with Gasteiger partial charge in [0, 0.05) is 22.1 Å². The lowest BCUT2D eigenvalue weighted by Gasteiger charge is -2.02. The van der Waals surface area contributed by atoms with E-state index >= 15 is 0 Å². The predicted molar refractivity (Wildman–Crippen MR) is 80.2 cm³/mol. The maximum atomic E-state index is 5.11. The van der Waals surface area contributed by atoms with Crippen LogP contribution in [0.15, 0.2) is 21.9 Å². The van der Waals surface area contributed by atoms with E-state index in [0.29, 0.717) is 0 Å². The van der Waals surface area contributed by atoms with Gasteiger partial charge >= 0.3 is 0 Å². The van der Waals surface area contributed by atoms with Crippen molar-refractivity contribution in [3.63, 3.8) is 0 Å². The molecule has 4 nitrogen and oxygen atoms in total. The van der Waals surface area contributed by atoms with Crippen LogP contribution in [0.25, 0.3) is 10.2 Å². The number of hydrogen-bond donors (Lipinski definition) is 0. The van der Waals surface area contributed by atoms with Crippen molar-refractivity contribution in [3.05, 3.63) is 34.3 Å². The van der Waals surface area contributed by atoms with Crippen LogP contribution in [0.4, 0.5) is 0 Å². The first-order valence-electron chi connectivity index (χ1n) is 6.61. The molecule has 0 unspecified atom stereocenters. The molecule has 0 aromatic carbocycles. The Morgan fingerprint density at radius 3 is 3.15 bits per heavy atom. The second kappa shape index (κ2) is 4.86. The number of thioether (sulfide) groups is 1.